The van der Waals surface area contributed by atoms with Gasteiger partial charge in [0.25, 0.3) is 0 Å². The second kappa shape index (κ2) is 6.43. The van der Waals surface area contributed by atoms with Gasteiger partial charge >= 0.3 is 0 Å². The molecule has 0 saturated heterocycles. The Labute approximate surface area is 125 Å². The van der Waals surface area contributed by atoms with Gasteiger partial charge in [-0.15, -0.1) is 11.3 Å². The molecular weight excluding hydrogens is 303 g/mol. The molecule has 0 saturated carbocycles. The van der Waals surface area contributed by atoms with Crippen LogP contribution in [0.3, 0.4) is 0 Å². The number of nitrogens with two attached hydrogens (primary N) is 1. The van der Waals surface area contributed by atoms with Crippen molar-refractivity contribution in [3.63, 3.8) is 0 Å². The molecule has 0 radical (unpaired) electrons. The van der Waals surface area contributed by atoms with E-state index in [1.165, 1.54) is 10.4 Å². The molecule has 2 aromatic rings. The lowest BCUT2D eigenvalue weighted by Crippen LogP contribution is -2.11. The van der Waals surface area contributed by atoms with E-state index in [-0.39, 0.29) is 0 Å². The number of hydrogen-bond donors (Lipinski definition) is 3. The average molecular weight is 317 g/mol. The van der Waals surface area contributed by atoms with E-state index in [1.54, 1.807) is 17.4 Å². The van der Waals surface area contributed by atoms with E-state index in [0.29, 0.717) is 28.2 Å². The van der Waals surface area contributed by atoms with Crippen molar-refractivity contribution >= 4 is 46.2 Å². The van der Waals surface area contributed by atoms with Gasteiger partial charge in [0.2, 0.25) is 0 Å². The molecule has 0 aliphatic rings. The Morgan fingerprint density at radius 1 is 1.32 bits per heavy atom. The Hall–Kier alpha value is -1.01. The number of aryl methyl sites for hydroxylation is 1. The number of hydrazine groups is 1. The van der Waals surface area contributed by atoms with E-state index in [1.807, 2.05) is 0 Å². The van der Waals surface area contributed by atoms with Crippen LogP contribution in [0.15, 0.2) is 17.5 Å². The summed E-state index contributed by atoms with van der Waals surface area (Å²) in [5.41, 5.74) is 3.77. The van der Waals surface area contributed by atoms with Gasteiger partial charge in [0.05, 0.1) is 16.6 Å². The zero-order valence-electron chi connectivity index (χ0n) is 10.3. The zero-order valence-corrected chi connectivity index (χ0v) is 12.7. The predicted molar refractivity (Wildman–Crippen MR) is 83.1 cm³/mol. The highest BCUT2D eigenvalue weighted by Crippen LogP contribution is 2.29. The van der Waals surface area contributed by atoms with Crippen LogP contribution < -0.4 is 16.6 Å². The van der Waals surface area contributed by atoms with Crippen LogP contribution in [-0.2, 0) is 13.0 Å². The van der Waals surface area contributed by atoms with E-state index in [4.69, 9.17) is 29.0 Å². The highest BCUT2D eigenvalue weighted by Gasteiger charge is 2.09. The second-order valence-electron chi connectivity index (χ2n) is 3.87. The van der Waals surface area contributed by atoms with Crippen molar-refractivity contribution in [2.45, 2.75) is 19.9 Å². The molecule has 0 aliphatic heterocycles. The molecular formula is C12H14Cl2N4S. The molecule has 2 heterocycles. The number of halogens is 2. The van der Waals surface area contributed by atoms with Gasteiger partial charge in [0, 0.05) is 4.88 Å². The molecule has 0 bridgehead atoms. The Morgan fingerprint density at radius 3 is 2.74 bits per heavy atom. The molecule has 0 amide bonds. The monoisotopic (exact) mass is 316 g/mol. The third kappa shape index (κ3) is 3.30. The summed E-state index contributed by atoms with van der Waals surface area (Å²) in [6.07, 6.45) is 1.01. The number of thiophene rings is 1. The topological polar surface area (TPSA) is 63.0 Å². The maximum absolute atomic E-state index is 6.10. The molecule has 19 heavy (non-hydrogen) atoms. The lowest BCUT2D eigenvalue weighted by molar-refractivity contribution is 1.06. The van der Waals surface area contributed by atoms with Crippen LogP contribution in [0, 0.1) is 0 Å². The summed E-state index contributed by atoms with van der Waals surface area (Å²) < 4.78 is 0. The van der Waals surface area contributed by atoms with Crippen molar-refractivity contribution < 1.29 is 0 Å². The van der Waals surface area contributed by atoms with Crippen LogP contribution in [0.1, 0.15) is 17.4 Å². The molecule has 4 nitrogen and oxygen atoms in total. The Kier molecular flexibility index (Phi) is 4.87. The predicted octanol–water partition coefficient (Wildman–Crippen LogP) is 3.91. The highest BCUT2D eigenvalue weighted by atomic mass is 35.5. The number of nitrogen functional groups attached to an aromatic ring is 1. The quantitative estimate of drug-likeness (QED) is 0.578. The lowest BCUT2D eigenvalue weighted by atomic mass is 10.2. The standard InChI is InChI=1S/C12H14Cl2N4S/c1-2-7-3-4-19-10(7)6-16-11-8(13)5-9(14)12(17-11)18-15/h3-5H,2,6,15H2,1H3,(H2,16,17,18). The van der Waals surface area contributed by atoms with Gasteiger partial charge in [-0.1, -0.05) is 30.1 Å². The van der Waals surface area contributed by atoms with Crippen LogP contribution in [0.4, 0.5) is 11.6 Å². The first-order chi connectivity index (χ1) is 9.15. The van der Waals surface area contributed by atoms with Gasteiger partial charge in [-0.3, -0.25) is 0 Å². The minimum absolute atomic E-state index is 0.392. The Balaban J connectivity index is 2.15. The molecule has 0 fully saturated rings. The van der Waals surface area contributed by atoms with Crippen molar-refractivity contribution in [1.29, 1.82) is 0 Å². The normalized spacial score (nSPS) is 10.5. The van der Waals surface area contributed by atoms with E-state index >= 15 is 0 Å². The van der Waals surface area contributed by atoms with Gasteiger partial charge in [-0.05, 0) is 29.5 Å². The summed E-state index contributed by atoms with van der Waals surface area (Å²) in [6.45, 7) is 2.81. The van der Waals surface area contributed by atoms with Gasteiger partial charge in [-0.25, -0.2) is 10.8 Å². The molecule has 2 rings (SSSR count). The molecule has 0 aliphatic carbocycles. The van der Waals surface area contributed by atoms with Crippen LogP contribution in [-0.4, -0.2) is 4.98 Å². The van der Waals surface area contributed by atoms with Gasteiger partial charge in [0.1, 0.15) is 5.82 Å². The molecule has 0 aromatic carbocycles. The van der Waals surface area contributed by atoms with E-state index in [9.17, 15) is 0 Å². The minimum Gasteiger partial charge on any atom is -0.364 e. The summed E-state index contributed by atoms with van der Waals surface area (Å²) in [5, 5.41) is 6.15. The molecule has 0 unspecified atom stereocenters. The third-order valence-electron chi connectivity index (χ3n) is 2.70. The van der Waals surface area contributed by atoms with Crippen molar-refractivity contribution in [2.75, 3.05) is 10.7 Å². The van der Waals surface area contributed by atoms with Gasteiger partial charge in [0.15, 0.2) is 5.82 Å². The highest BCUT2D eigenvalue weighted by molar-refractivity contribution is 7.10. The SMILES string of the molecule is CCc1ccsc1CNc1nc(NN)c(Cl)cc1Cl. The first-order valence-electron chi connectivity index (χ1n) is 5.77. The van der Waals surface area contributed by atoms with Crippen molar-refractivity contribution in [3.8, 4) is 0 Å². The molecule has 7 heteroatoms. The first-order valence-corrected chi connectivity index (χ1v) is 7.41. The third-order valence-corrected chi connectivity index (χ3v) is 4.24. The summed E-state index contributed by atoms with van der Waals surface area (Å²) in [7, 11) is 0. The van der Waals surface area contributed by atoms with E-state index in [2.05, 4.69) is 34.1 Å². The Bertz CT molecular complexity index is 571. The van der Waals surface area contributed by atoms with Crippen LogP contribution in [0.25, 0.3) is 0 Å². The molecule has 0 spiro atoms. The fourth-order valence-corrected chi connectivity index (χ4v) is 3.09. The fourth-order valence-electron chi connectivity index (χ4n) is 1.69. The lowest BCUT2D eigenvalue weighted by Gasteiger charge is -2.10. The molecule has 2 aromatic heterocycles. The number of nitrogens with zero attached hydrogens (tertiary/aromatic N) is 1. The van der Waals surface area contributed by atoms with Crippen molar-refractivity contribution in [3.05, 3.63) is 38.0 Å². The van der Waals surface area contributed by atoms with Gasteiger partial charge in [-0.2, -0.15) is 0 Å². The number of anilines is 2. The number of pyridine rings is 1. The van der Waals surface area contributed by atoms with Crippen LogP contribution >= 0.6 is 34.5 Å². The van der Waals surface area contributed by atoms with Crippen LogP contribution in [0.5, 0.6) is 0 Å². The summed E-state index contributed by atoms with van der Waals surface area (Å²) >= 11 is 13.7. The second-order valence-corrected chi connectivity index (χ2v) is 5.68. The number of aromatic nitrogens is 1. The molecule has 102 valence electrons. The largest absolute Gasteiger partial charge is 0.364 e. The molecule has 4 N–H and O–H groups in total. The first kappa shape index (κ1) is 14.4. The fraction of sp³-hybridized carbons (Fsp3) is 0.250. The zero-order chi connectivity index (χ0) is 13.8. The average Bonchev–Trinajstić information content (AvgIpc) is 2.85. The van der Waals surface area contributed by atoms with E-state index < -0.39 is 0 Å². The van der Waals surface area contributed by atoms with Crippen LogP contribution in [0.2, 0.25) is 10.0 Å². The molecule has 0 atom stereocenters. The smallest absolute Gasteiger partial charge is 0.161 e. The van der Waals surface area contributed by atoms with E-state index in [0.717, 1.165) is 6.42 Å². The van der Waals surface area contributed by atoms with Crippen molar-refractivity contribution in [2.24, 2.45) is 5.84 Å². The maximum atomic E-state index is 6.10. The number of hydrogen-bond acceptors (Lipinski definition) is 5. The number of rotatable bonds is 5. The van der Waals surface area contributed by atoms with Gasteiger partial charge < -0.3 is 10.7 Å². The number of nitrogens with one attached hydrogen (secondary N) is 2. The summed E-state index contributed by atoms with van der Waals surface area (Å²) in [5.74, 6) is 6.30. The minimum atomic E-state index is 0.392. The summed E-state index contributed by atoms with van der Waals surface area (Å²) in [6, 6.07) is 3.74. The van der Waals surface area contributed by atoms with Crippen molar-refractivity contribution in [1.82, 2.24) is 4.98 Å². The maximum Gasteiger partial charge on any atom is 0.161 e. The summed E-state index contributed by atoms with van der Waals surface area (Å²) in [4.78, 5) is 5.51. The Morgan fingerprint density at radius 2 is 2.05 bits per heavy atom.